The lowest BCUT2D eigenvalue weighted by Gasteiger charge is -2.18. The number of aromatic nitrogens is 2. The molecule has 168 valence electrons. The Kier molecular flexibility index (Phi) is 6.66. The monoisotopic (exact) mass is 436 g/mol. The first-order valence-corrected chi connectivity index (χ1v) is 9.42. The van der Waals surface area contributed by atoms with Gasteiger partial charge in [-0.3, -0.25) is 14.3 Å². The number of aryl methyl sites for hydroxylation is 1. The number of carbonyl (C=O) groups is 1. The first kappa shape index (κ1) is 22.4. The maximum absolute atomic E-state index is 12.8. The molecule has 1 saturated heterocycles. The minimum absolute atomic E-state index is 0.104. The van der Waals surface area contributed by atoms with E-state index < -0.39 is 42.3 Å². The molecular formula is C20H24N2O9. The predicted molar refractivity (Wildman–Crippen MR) is 107 cm³/mol. The number of benzene rings is 1. The molecule has 11 nitrogen and oxygen atoms in total. The lowest BCUT2D eigenvalue weighted by atomic mass is 10.1. The summed E-state index contributed by atoms with van der Waals surface area (Å²) in [5.41, 5.74) is -0.689. The zero-order chi connectivity index (χ0) is 22.7. The average Bonchev–Trinajstić information content (AvgIpc) is 3.17. The Morgan fingerprint density at radius 2 is 1.84 bits per heavy atom. The van der Waals surface area contributed by atoms with E-state index in [0.717, 1.165) is 0 Å². The molecule has 11 heteroatoms. The summed E-state index contributed by atoms with van der Waals surface area (Å²) in [5.74, 6) is 0.190. The van der Waals surface area contributed by atoms with Crippen LogP contribution in [0.4, 0.5) is 0 Å². The molecule has 1 aliphatic heterocycles. The van der Waals surface area contributed by atoms with Gasteiger partial charge in [-0.05, 0) is 19.1 Å². The van der Waals surface area contributed by atoms with Crippen LogP contribution in [-0.4, -0.2) is 60.8 Å². The molecule has 2 aromatic rings. The van der Waals surface area contributed by atoms with Crippen LogP contribution in [0, 0.1) is 6.92 Å². The molecule has 0 saturated carbocycles. The van der Waals surface area contributed by atoms with Crippen LogP contribution in [-0.2, 0) is 9.47 Å². The van der Waals surface area contributed by atoms with Gasteiger partial charge in [-0.1, -0.05) is 0 Å². The number of nitrogens with one attached hydrogen (secondary N) is 1. The molecule has 0 spiro atoms. The van der Waals surface area contributed by atoms with Gasteiger partial charge in [0.2, 0.25) is 5.75 Å². The number of carbonyl (C=O) groups excluding carboxylic acids is 1. The highest BCUT2D eigenvalue weighted by molar-refractivity contribution is 5.91. The molecule has 0 bridgehead atoms. The molecule has 3 atom stereocenters. The molecule has 0 unspecified atom stereocenters. The normalized spacial score (nSPS) is 20.4. The van der Waals surface area contributed by atoms with Crippen LogP contribution in [0.15, 0.2) is 27.9 Å². The van der Waals surface area contributed by atoms with Gasteiger partial charge in [0.05, 0.1) is 33.5 Å². The van der Waals surface area contributed by atoms with Crippen molar-refractivity contribution in [3.8, 4) is 17.2 Å². The molecule has 1 aromatic heterocycles. The molecule has 0 aliphatic carbocycles. The summed E-state index contributed by atoms with van der Waals surface area (Å²) in [6, 6.07) is 2.89. The molecule has 0 radical (unpaired) electrons. The van der Waals surface area contributed by atoms with Crippen molar-refractivity contribution in [3.63, 3.8) is 0 Å². The molecule has 1 aliphatic rings. The van der Waals surface area contributed by atoms with E-state index in [1.807, 2.05) is 0 Å². The Labute approximate surface area is 177 Å². The number of aliphatic hydroxyl groups is 1. The average molecular weight is 436 g/mol. The van der Waals surface area contributed by atoms with E-state index in [2.05, 4.69) is 4.98 Å². The summed E-state index contributed by atoms with van der Waals surface area (Å²) in [5, 5.41) is 9.67. The zero-order valence-corrected chi connectivity index (χ0v) is 17.5. The highest BCUT2D eigenvalue weighted by Gasteiger charge is 2.39. The first-order chi connectivity index (χ1) is 14.8. The summed E-state index contributed by atoms with van der Waals surface area (Å²) in [7, 11) is 4.29. The second-order valence-electron chi connectivity index (χ2n) is 6.88. The topological polar surface area (TPSA) is 138 Å². The third kappa shape index (κ3) is 4.42. The molecule has 2 N–H and O–H groups in total. The van der Waals surface area contributed by atoms with E-state index >= 15 is 0 Å². The maximum atomic E-state index is 12.8. The van der Waals surface area contributed by atoms with Crippen LogP contribution in [0.2, 0.25) is 0 Å². The van der Waals surface area contributed by atoms with Crippen molar-refractivity contribution in [3.05, 3.63) is 50.3 Å². The SMILES string of the molecule is COc1cc(C(=O)O[C@@H]2C[C@H](n3cc(C)c(=O)[nH]c3=O)O[C@H]2CO)cc(OC)c1OC. The second-order valence-corrected chi connectivity index (χ2v) is 6.88. The molecule has 31 heavy (non-hydrogen) atoms. The number of esters is 1. The fourth-order valence-corrected chi connectivity index (χ4v) is 3.36. The number of hydrogen-bond donors (Lipinski definition) is 2. The van der Waals surface area contributed by atoms with Gasteiger partial charge in [0.1, 0.15) is 18.4 Å². The molecule has 1 fully saturated rings. The highest BCUT2D eigenvalue weighted by atomic mass is 16.6. The van der Waals surface area contributed by atoms with Gasteiger partial charge in [-0.25, -0.2) is 9.59 Å². The van der Waals surface area contributed by atoms with Crippen molar-refractivity contribution in [2.75, 3.05) is 27.9 Å². The summed E-state index contributed by atoms with van der Waals surface area (Å²) in [6.45, 7) is 1.12. The van der Waals surface area contributed by atoms with Crippen molar-refractivity contribution < 1.29 is 33.6 Å². The van der Waals surface area contributed by atoms with E-state index in [-0.39, 0.29) is 23.5 Å². The van der Waals surface area contributed by atoms with Gasteiger partial charge in [0.15, 0.2) is 11.5 Å². The minimum atomic E-state index is -0.852. The number of methoxy groups -OCH3 is 3. The van der Waals surface area contributed by atoms with E-state index in [1.54, 1.807) is 6.92 Å². The smallest absolute Gasteiger partial charge is 0.338 e. The number of H-pyrrole nitrogens is 1. The van der Waals surface area contributed by atoms with Crippen LogP contribution < -0.4 is 25.5 Å². The highest BCUT2D eigenvalue weighted by Crippen LogP contribution is 2.39. The maximum Gasteiger partial charge on any atom is 0.338 e. The summed E-state index contributed by atoms with van der Waals surface area (Å²) in [6.07, 6.45) is -1.04. The Bertz CT molecular complexity index is 1050. The van der Waals surface area contributed by atoms with Gasteiger partial charge >= 0.3 is 11.7 Å². The van der Waals surface area contributed by atoms with Crippen molar-refractivity contribution in [2.45, 2.75) is 31.8 Å². The Hall–Kier alpha value is -3.31. The third-order valence-electron chi connectivity index (χ3n) is 4.98. The number of aromatic amines is 1. The lowest BCUT2D eigenvalue weighted by Crippen LogP contribution is -2.33. The third-order valence-corrected chi connectivity index (χ3v) is 4.98. The fraction of sp³-hybridized carbons (Fsp3) is 0.450. The summed E-state index contributed by atoms with van der Waals surface area (Å²) in [4.78, 5) is 38.7. The molecule has 1 aromatic carbocycles. The largest absolute Gasteiger partial charge is 0.493 e. The van der Waals surface area contributed by atoms with Crippen molar-refractivity contribution in [1.29, 1.82) is 0 Å². The summed E-state index contributed by atoms with van der Waals surface area (Å²) >= 11 is 0. The van der Waals surface area contributed by atoms with Crippen molar-refractivity contribution >= 4 is 5.97 Å². The number of ether oxygens (including phenoxy) is 5. The van der Waals surface area contributed by atoms with Gasteiger partial charge < -0.3 is 28.8 Å². The van der Waals surface area contributed by atoms with Crippen LogP contribution in [0.1, 0.15) is 28.6 Å². The molecule has 3 rings (SSSR count). The Morgan fingerprint density at radius 1 is 1.19 bits per heavy atom. The Balaban J connectivity index is 1.84. The second kappa shape index (κ2) is 9.23. The number of aliphatic hydroxyl groups excluding tert-OH is 1. The number of hydrogen-bond acceptors (Lipinski definition) is 9. The molecule has 0 amide bonds. The number of nitrogens with zero attached hydrogens (tertiary/aromatic N) is 1. The quantitative estimate of drug-likeness (QED) is 0.590. The van der Waals surface area contributed by atoms with E-state index in [0.29, 0.717) is 11.3 Å². The van der Waals surface area contributed by atoms with Crippen molar-refractivity contribution in [2.24, 2.45) is 0 Å². The lowest BCUT2D eigenvalue weighted by molar-refractivity contribution is -0.0522. The van der Waals surface area contributed by atoms with Crippen LogP contribution >= 0.6 is 0 Å². The van der Waals surface area contributed by atoms with Crippen molar-refractivity contribution in [1.82, 2.24) is 9.55 Å². The Morgan fingerprint density at radius 3 is 2.39 bits per heavy atom. The van der Waals surface area contributed by atoms with Gasteiger partial charge in [0.25, 0.3) is 5.56 Å². The van der Waals surface area contributed by atoms with Gasteiger partial charge in [0, 0.05) is 18.2 Å². The van der Waals surface area contributed by atoms with Crippen LogP contribution in [0.3, 0.4) is 0 Å². The van der Waals surface area contributed by atoms with E-state index in [9.17, 15) is 19.5 Å². The summed E-state index contributed by atoms with van der Waals surface area (Å²) < 4.78 is 28.2. The standard InChI is InChI=1S/C20H24N2O9/c1-10-8-22(20(26)21-18(10)24)16-7-12(15(9-23)30-16)31-19(25)11-5-13(27-2)17(29-4)14(6-11)28-3/h5-6,8,12,15-16,23H,7,9H2,1-4H3,(H,21,24,26)/t12-,15+,16-/m1/s1. The van der Waals surface area contributed by atoms with Crippen LogP contribution in [0.25, 0.3) is 0 Å². The van der Waals surface area contributed by atoms with Gasteiger partial charge in [-0.2, -0.15) is 0 Å². The van der Waals surface area contributed by atoms with E-state index in [4.69, 9.17) is 23.7 Å². The van der Waals surface area contributed by atoms with E-state index in [1.165, 1.54) is 44.2 Å². The zero-order valence-electron chi connectivity index (χ0n) is 17.5. The molecular weight excluding hydrogens is 412 g/mol. The predicted octanol–water partition coefficient (Wildman–Crippen LogP) is 0.376. The van der Waals surface area contributed by atoms with Gasteiger partial charge in [-0.15, -0.1) is 0 Å². The molecule has 2 heterocycles. The minimum Gasteiger partial charge on any atom is -0.493 e. The fourth-order valence-electron chi connectivity index (χ4n) is 3.36. The van der Waals surface area contributed by atoms with Crippen LogP contribution in [0.5, 0.6) is 17.2 Å². The first-order valence-electron chi connectivity index (χ1n) is 9.42. The number of rotatable bonds is 7.